The first-order valence-corrected chi connectivity index (χ1v) is 9.54. The molecule has 1 unspecified atom stereocenters. The van der Waals surface area contributed by atoms with Crippen molar-refractivity contribution in [3.8, 4) is 0 Å². The van der Waals surface area contributed by atoms with Crippen molar-refractivity contribution in [2.45, 2.75) is 25.5 Å². The third-order valence-electron chi connectivity index (χ3n) is 3.77. The molecular formula is C20H23N3O3S. The Morgan fingerprint density at radius 2 is 1.52 bits per heavy atom. The van der Waals surface area contributed by atoms with E-state index in [-0.39, 0.29) is 29.2 Å². The highest BCUT2D eigenvalue weighted by molar-refractivity contribution is 8.01. The Morgan fingerprint density at radius 1 is 0.963 bits per heavy atom. The summed E-state index contributed by atoms with van der Waals surface area (Å²) in [5.74, 6) is -0.564. The second-order valence-electron chi connectivity index (χ2n) is 6.20. The fraction of sp³-hybridized carbons (Fsp3) is 0.250. The van der Waals surface area contributed by atoms with Gasteiger partial charge in [0.05, 0.1) is 17.4 Å². The standard InChI is InChI=1S/C20H23N3O3S/c1-13-3-7-16(8-4-13)22-19(25)12-27-14(2)20(26)23-17-9-5-15(6-10-17)11-18(21)24/h3-10,14H,11-12H2,1-2H3,(H2,21,24)(H,22,25)(H,23,26). The molecule has 1 atom stereocenters. The van der Waals surface area contributed by atoms with E-state index in [4.69, 9.17) is 5.73 Å². The fourth-order valence-electron chi connectivity index (χ4n) is 2.26. The molecule has 0 aliphatic rings. The van der Waals surface area contributed by atoms with Gasteiger partial charge in [0.15, 0.2) is 0 Å². The first-order valence-electron chi connectivity index (χ1n) is 8.49. The van der Waals surface area contributed by atoms with E-state index in [2.05, 4.69) is 10.6 Å². The van der Waals surface area contributed by atoms with E-state index in [1.54, 1.807) is 31.2 Å². The molecule has 27 heavy (non-hydrogen) atoms. The molecule has 6 nitrogen and oxygen atoms in total. The zero-order valence-electron chi connectivity index (χ0n) is 15.3. The molecule has 0 aliphatic carbocycles. The SMILES string of the molecule is Cc1ccc(NC(=O)CSC(C)C(=O)Nc2ccc(CC(N)=O)cc2)cc1. The van der Waals surface area contributed by atoms with Crippen LogP contribution in [-0.2, 0) is 20.8 Å². The summed E-state index contributed by atoms with van der Waals surface area (Å²) in [5, 5.41) is 5.21. The van der Waals surface area contributed by atoms with Crippen LogP contribution in [0.25, 0.3) is 0 Å². The van der Waals surface area contributed by atoms with E-state index in [9.17, 15) is 14.4 Å². The number of hydrogen-bond acceptors (Lipinski definition) is 4. The molecule has 0 spiro atoms. The Morgan fingerprint density at radius 3 is 2.11 bits per heavy atom. The smallest absolute Gasteiger partial charge is 0.237 e. The van der Waals surface area contributed by atoms with Crippen molar-refractivity contribution in [3.63, 3.8) is 0 Å². The van der Waals surface area contributed by atoms with E-state index < -0.39 is 5.91 Å². The second-order valence-corrected chi connectivity index (χ2v) is 7.53. The molecule has 142 valence electrons. The zero-order valence-corrected chi connectivity index (χ0v) is 16.1. The van der Waals surface area contributed by atoms with Gasteiger partial charge >= 0.3 is 0 Å². The summed E-state index contributed by atoms with van der Waals surface area (Å²) in [6.45, 7) is 3.73. The van der Waals surface area contributed by atoms with Crippen LogP contribution in [0.1, 0.15) is 18.1 Å². The highest BCUT2D eigenvalue weighted by Crippen LogP contribution is 2.16. The summed E-state index contributed by atoms with van der Waals surface area (Å²) in [6.07, 6.45) is 0.163. The van der Waals surface area contributed by atoms with Gasteiger partial charge in [-0.25, -0.2) is 0 Å². The highest BCUT2D eigenvalue weighted by Gasteiger charge is 2.15. The van der Waals surface area contributed by atoms with Gasteiger partial charge in [0, 0.05) is 11.4 Å². The van der Waals surface area contributed by atoms with Crippen molar-refractivity contribution in [2.24, 2.45) is 5.73 Å². The molecule has 2 rings (SSSR count). The van der Waals surface area contributed by atoms with Gasteiger partial charge in [-0.05, 0) is 43.7 Å². The number of anilines is 2. The van der Waals surface area contributed by atoms with Crippen molar-refractivity contribution < 1.29 is 14.4 Å². The lowest BCUT2D eigenvalue weighted by molar-refractivity contribution is -0.117. The average Bonchev–Trinajstić information content (AvgIpc) is 2.62. The molecule has 0 radical (unpaired) electrons. The molecular weight excluding hydrogens is 362 g/mol. The van der Waals surface area contributed by atoms with Gasteiger partial charge in [-0.1, -0.05) is 29.8 Å². The van der Waals surface area contributed by atoms with E-state index >= 15 is 0 Å². The number of nitrogens with one attached hydrogen (secondary N) is 2. The van der Waals surface area contributed by atoms with Crippen LogP contribution in [0.5, 0.6) is 0 Å². The largest absolute Gasteiger partial charge is 0.369 e. The van der Waals surface area contributed by atoms with E-state index in [0.717, 1.165) is 16.8 Å². The van der Waals surface area contributed by atoms with E-state index in [1.165, 1.54) is 11.8 Å². The van der Waals surface area contributed by atoms with Gasteiger partial charge in [-0.2, -0.15) is 0 Å². The topological polar surface area (TPSA) is 101 Å². The minimum absolute atomic E-state index is 0.153. The molecule has 0 heterocycles. The Bertz CT molecular complexity index is 804. The number of rotatable bonds is 8. The number of primary amides is 1. The summed E-state index contributed by atoms with van der Waals surface area (Å²) < 4.78 is 0. The molecule has 0 saturated heterocycles. The van der Waals surface area contributed by atoms with Crippen molar-refractivity contribution in [2.75, 3.05) is 16.4 Å². The molecule has 0 aromatic heterocycles. The molecule has 2 aromatic rings. The van der Waals surface area contributed by atoms with Crippen LogP contribution in [-0.4, -0.2) is 28.7 Å². The summed E-state index contributed by atoms with van der Waals surface area (Å²) in [7, 11) is 0. The van der Waals surface area contributed by atoms with E-state index in [0.29, 0.717) is 5.69 Å². The zero-order chi connectivity index (χ0) is 19.8. The number of thioether (sulfide) groups is 1. The lowest BCUT2D eigenvalue weighted by atomic mass is 10.1. The Labute approximate surface area is 162 Å². The normalized spacial score (nSPS) is 11.5. The van der Waals surface area contributed by atoms with Gasteiger partial charge < -0.3 is 16.4 Å². The van der Waals surface area contributed by atoms with Gasteiger partial charge in [0.1, 0.15) is 0 Å². The summed E-state index contributed by atoms with van der Waals surface area (Å²) in [4.78, 5) is 35.1. The summed E-state index contributed by atoms with van der Waals surface area (Å²) >= 11 is 1.26. The molecule has 0 aliphatic heterocycles. The minimum Gasteiger partial charge on any atom is -0.369 e. The minimum atomic E-state index is -0.402. The summed E-state index contributed by atoms with van der Waals surface area (Å²) in [6, 6.07) is 14.5. The van der Waals surface area contributed by atoms with Crippen molar-refractivity contribution in [1.29, 1.82) is 0 Å². The maximum absolute atomic E-state index is 12.2. The Balaban J connectivity index is 1.78. The number of hydrogen-bond donors (Lipinski definition) is 3. The monoisotopic (exact) mass is 385 g/mol. The second kappa shape index (κ2) is 9.78. The number of benzene rings is 2. The fourth-order valence-corrected chi connectivity index (χ4v) is 2.95. The molecule has 7 heteroatoms. The van der Waals surface area contributed by atoms with Gasteiger partial charge in [-0.3, -0.25) is 14.4 Å². The number of carbonyl (C=O) groups excluding carboxylic acids is 3. The maximum Gasteiger partial charge on any atom is 0.237 e. The molecule has 2 aromatic carbocycles. The summed E-state index contributed by atoms with van der Waals surface area (Å²) in [5.41, 5.74) is 8.43. The average molecular weight is 385 g/mol. The highest BCUT2D eigenvalue weighted by atomic mass is 32.2. The predicted octanol–water partition coefficient (Wildman–Crippen LogP) is 2.72. The van der Waals surface area contributed by atoms with Crippen LogP contribution < -0.4 is 16.4 Å². The molecule has 0 fully saturated rings. The molecule has 3 amide bonds. The van der Waals surface area contributed by atoms with Crippen LogP contribution in [0.4, 0.5) is 11.4 Å². The van der Waals surface area contributed by atoms with E-state index in [1.807, 2.05) is 31.2 Å². The molecule has 4 N–H and O–H groups in total. The van der Waals surface area contributed by atoms with Gasteiger partial charge in [0.2, 0.25) is 17.7 Å². The maximum atomic E-state index is 12.2. The van der Waals surface area contributed by atoms with Gasteiger partial charge in [-0.15, -0.1) is 11.8 Å². The predicted molar refractivity (Wildman–Crippen MR) is 110 cm³/mol. The van der Waals surface area contributed by atoms with Crippen molar-refractivity contribution >= 4 is 40.9 Å². The van der Waals surface area contributed by atoms with Crippen LogP contribution in [0.15, 0.2) is 48.5 Å². The lowest BCUT2D eigenvalue weighted by Crippen LogP contribution is -2.25. The van der Waals surface area contributed by atoms with Crippen LogP contribution in [0, 0.1) is 6.92 Å². The lowest BCUT2D eigenvalue weighted by Gasteiger charge is -2.12. The Hall–Kier alpha value is -2.80. The number of nitrogens with two attached hydrogens (primary N) is 1. The molecule has 0 saturated carbocycles. The van der Waals surface area contributed by atoms with Crippen molar-refractivity contribution in [3.05, 3.63) is 59.7 Å². The quantitative estimate of drug-likeness (QED) is 0.650. The van der Waals surface area contributed by atoms with Gasteiger partial charge in [0.25, 0.3) is 0 Å². The Kier molecular flexibility index (Phi) is 7.43. The van der Waals surface area contributed by atoms with Crippen LogP contribution in [0.3, 0.4) is 0 Å². The number of carbonyl (C=O) groups is 3. The molecule has 0 bridgehead atoms. The van der Waals surface area contributed by atoms with Crippen LogP contribution in [0.2, 0.25) is 0 Å². The first kappa shape index (κ1) is 20.5. The van der Waals surface area contributed by atoms with Crippen LogP contribution >= 0.6 is 11.8 Å². The van der Waals surface area contributed by atoms with Crippen molar-refractivity contribution in [1.82, 2.24) is 0 Å². The number of aryl methyl sites for hydroxylation is 1. The third kappa shape index (κ3) is 7.15. The number of amides is 3. The first-order chi connectivity index (χ1) is 12.8. The third-order valence-corrected chi connectivity index (χ3v) is 4.91.